The summed E-state index contributed by atoms with van der Waals surface area (Å²) >= 11 is 0. The molecule has 0 amide bonds. The van der Waals surface area contributed by atoms with Gasteiger partial charge in [0.05, 0.1) is 0 Å². The Kier molecular flexibility index (Phi) is 11.0. The van der Waals surface area contributed by atoms with Crippen LogP contribution in [0.25, 0.3) is 0 Å². The molecule has 0 aliphatic carbocycles. The smallest absolute Gasteiger partial charge is 0.122 e. The summed E-state index contributed by atoms with van der Waals surface area (Å²) < 4.78 is 5.85. The fourth-order valence-electron chi connectivity index (χ4n) is 3.33. The maximum atomic E-state index is 10.4. The number of nitrogens with zero attached hydrogens (tertiary/aromatic N) is 2. The van der Waals surface area contributed by atoms with Crippen molar-refractivity contribution in [2.75, 3.05) is 44.2 Å². The molecule has 1 fully saturated rings. The number of piperazine rings is 1. The largest absolute Gasteiger partial charge is 1.00 e. The second-order valence-electron chi connectivity index (χ2n) is 6.69. The van der Waals surface area contributed by atoms with E-state index >= 15 is 0 Å². The van der Waals surface area contributed by atoms with Gasteiger partial charge in [0.1, 0.15) is 18.5 Å². The Labute approximate surface area is 180 Å². The predicted octanol–water partition coefficient (Wildman–Crippen LogP) is -3.01. The Balaban J connectivity index is 0.00000196. The van der Waals surface area contributed by atoms with Gasteiger partial charge in [-0.05, 0) is 30.2 Å². The summed E-state index contributed by atoms with van der Waals surface area (Å²) in [7, 11) is 0. The first kappa shape index (κ1) is 24.3. The average molecular weight is 423 g/mol. The van der Waals surface area contributed by atoms with Crippen LogP contribution in [-0.4, -0.2) is 55.4 Å². The fraction of sp³-hybridized carbons (Fsp3) is 0.364. The minimum atomic E-state index is -0.491. The van der Waals surface area contributed by atoms with Gasteiger partial charge in [0, 0.05) is 38.4 Å². The van der Waals surface area contributed by atoms with E-state index in [9.17, 15) is 5.11 Å². The van der Waals surface area contributed by atoms with E-state index in [-0.39, 0.29) is 24.8 Å². The normalized spacial score (nSPS) is 15.1. The number of hydrogen-bond acceptors (Lipinski definition) is 4. The van der Waals surface area contributed by atoms with Gasteiger partial charge in [0.2, 0.25) is 0 Å². The molecule has 0 spiro atoms. The van der Waals surface area contributed by atoms with Gasteiger partial charge in [-0.15, -0.1) is 6.58 Å². The minimum Gasteiger partial charge on any atom is -1.00 e. The number of allylic oxidation sites excluding steroid dienone is 1. The number of anilines is 1. The second-order valence-corrected chi connectivity index (χ2v) is 6.69. The number of aliphatic hydroxyl groups excluding tert-OH is 1. The van der Waals surface area contributed by atoms with E-state index in [0.29, 0.717) is 13.2 Å². The lowest BCUT2D eigenvalue weighted by Gasteiger charge is -2.36. The number of para-hydroxylation sites is 2. The van der Waals surface area contributed by atoms with Gasteiger partial charge in [0.15, 0.2) is 0 Å². The molecule has 1 aliphatic heterocycles. The van der Waals surface area contributed by atoms with Crippen LogP contribution in [0.5, 0.6) is 5.75 Å². The molecule has 0 aromatic heterocycles. The number of rotatable bonds is 8. The van der Waals surface area contributed by atoms with Crippen molar-refractivity contribution in [3.05, 3.63) is 72.8 Å². The summed E-state index contributed by atoms with van der Waals surface area (Å²) in [6.45, 7) is 8.63. The molecule has 154 valence electrons. The molecule has 0 bridgehead atoms. The van der Waals surface area contributed by atoms with Crippen LogP contribution in [0.3, 0.4) is 0 Å². The Bertz CT molecular complexity index is 692. The van der Waals surface area contributed by atoms with Crippen LogP contribution in [-0.2, 0) is 6.42 Å². The standard InChI is InChI=1S/C22H28N2O2.2ClH/c1-2-8-19-9-6-7-12-22(19)26-18-21(25)17-23-13-15-24(16-14-23)20-10-4-3-5-11-20;;/h2-7,9-12,21,25H,1,8,13-18H2;2*1H/p-2. The Morgan fingerprint density at radius 2 is 1.61 bits per heavy atom. The predicted molar refractivity (Wildman–Crippen MR) is 107 cm³/mol. The van der Waals surface area contributed by atoms with Crippen molar-refractivity contribution in [1.82, 2.24) is 4.90 Å². The zero-order valence-corrected chi connectivity index (χ0v) is 17.5. The Hall–Kier alpha value is -1.72. The Morgan fingerprint density at radius 1 is 0.964 bits per heavy atom. The zero-order chi connectivity index (χ0) is 18.2. The van der Waals surface area contributed by atoms with Crippen molar-refractivity contribution < 1.29 is 34.7 Å². The molecular weight excluding hydrogens is 395 g/mol. The van der Waals surface area contributed by atoms with Crippen LogP contribution in [0, 0.1) is 0 Å². The lowest BCUT2D eigenvalue weighted by molar-refractivity contribution is -0.001000. The fourth-order valence-corrected chi connectivity index (χ4v) is 3.33. The molecule has 4 nitrogen and oxygen atoms in total. The summed E-state index contributed by atoms with van der Waals surface area (Å²) in [5.41, 5.74) is 2.38. The van der Waals surface area contributed by atoms with E-state index in [1.165, 1.54) is 5.69 Å². The van der Waals surface area contributed by atoms with Crippen molar-refractivity contribution in [3.63, 3.8) is 0 Å². The monoisotopic (exact) mass is 422 g/mol. The zero-order valence-electron chi connectivity index (χ0n) is 16.0. The summed E-state index contributed by atoms with van der Waals surface area (Å²) in [5, 5.41) is 10.4. The van der Waals surface area contributed by atoms with Gasteiger partial charge >= 0.3 is 0 Å². The molecule has 3 rings (SSSR count). The highest BCUT2D eigenvalue weighted by Crippen LogP contribution is 2.19. The van der Waals surface area contributed by atoms with Gasteiger partial charge in [-0.25, -0.2) is 0 Å². The summed E-state index contributed by atoms with van der Waals surface area (Å²) in [5.74, 6) is 0.834. The quantitative estimate of drug-likeness (QED) is 0.459. The number of ether oxygens (including phenoxy) is 1. The van der Waals surface area contributed by atoms with Crippen molar-refractivity contribution in [3.8, 4) is 5.75 Å². The maximum absolute atomic E-state index is 10.4. The van der Waals surface area contributed by atoms with Crippen LogP contribution in [0.2, 0.25) is 0 Å². The van der Waals surface area contributed by atoms with E-state index in [0.717, 1.165) is 43.9 Å². The average Bonchev–Trinajstić information content (AvgIpc) is 2.69. The van der Waals surface area contributed by atoms with E-state index in [1.807, 2.05) is 36.4 Å². The number of benzene rings is 2. The van der Waals surface area contributed by atoms with Crippen molar-refractivity contribution in [2.24, 2.45) is 0 Å². The molecule has 1 heterocycles. The first-order valence-corrected chi connectivity index (χ1v) is 9.28. The van der Waals surface area contributed by atoms with Crippen LogP contribution >= 0.6 is 0 Å². The third-order valence-electron chi connectivity index (χ3n) is 4.73. The molecule has 0 saturated carbocycles. The van der Waals surface area contributed by atoms with Crippen molar-refractivity contribution in [1.29, 1.82) is 0 Å². The van der Waals surface area contributed by atoms with Gasteiger partial charge in [-0.2, -0.15) is 0 Å². The van der Waals surface area contributed by atoms with Gasteiger partial charge in [0.25, 0.3) is 0 Å². The number of hydrogen-bond donors (Lipinski definition) is 1. The molecule has 6 heteroatoms. The second kappa shape index (κ2) is 12.7. The van der Waals surface area contributed by atoms with E-state index in [1.54, 1.807) is 0 Å². The van der Waals surface area contributed by atoms with Crippen molar-refractivity contribution in [2.45, 2.75) is 12.5 Å². The number of halogens is 2. The molecule has 1 N–H and O–H groups in total. The Morgan fingerprint density at radius 3 is 2.29 bits per heavy atom. The van der Waals surface area contributed by atoms with E-state index < -0.39 is 6.10 Å². The lowest BCUT2D eigenvalue weighted by atomic mass is 10.1. The third-order valence-corrected chi connectivity index (χ3v) is 4.73. The maximum Gasteiger partial charge on any atom is 0.122 e. The van der Waals surface area contributed by atoms with Crippen molar-refractivity contribution >= 4 is 5.69 Å². The molecule has 28 heavy (non-hydrogen) atoms. The summed E-state index contributed by atoms with van der Waals surface area (Å²) in [6, 6.07) is 18.4. The van der Waals surface area contributed by atoms with Gasteiger partial charge in [-0.3, -0.25) is 4.90 Å². The highest BCUT2D eigenvalue weighted by atomic mass is 35.5. The SMILES string of the molecule is C=CCc1ccccc1OCC(O)CN1CCN(c2ccccc2)CC1.[Cl-].[Cl-]. The molecule has 1 unspecified atom stereocenters. The molecule has 1 aliphatic rings. The highest BCUT2D eigenvalue weighted by molar-refractivity contribution is 5.46. The molecule has 0 radical (unpaired) electrons. The molecule has 2 aromatic carbocycles. The number of aliphatic hydroxyl groups is 1. The molecule has 2 aromatic rings. The van der Waals surface area contributed by atoms with Crippen LogP contribution in [0.4, 0.5) is 5.69 Å². The summed E-state index contributed by atoms with van der Waals surface area (Å²) in [4.78, 5) is 4.70. The van der Waals surface area contributed by atoms with Gasteiger partial charge < -0.3 is 39.6 Å². The minimum absolute atomic E-state index is 0. The third kappa shape index (κ3) is 7.02. The molecule has 1 saturated heterocycles. The highest BCUT2D eigenvalue weighted by Gasteiger charge is 2.19. The number of β-amino-alcohol motifs (C(OH)–C–C–N with tert-alkyl or cyclic N) is 1. The van der Waals surface area contributed by atoms with Crippen LogP contribution in [0.15, 0.2) is 67.3 Å². The topological polar surface area (TPSA) is 35.9 Å². The van der Waals surface area contributed by atoms with E-state index in [2.05, 4.69) is 40.6 Å². The molecular formula is C22H28Cl2N2O2-2. The first-order valence-electron chi connectivity index (χ1n) is 9.28. The van der Waals surface area contributed by atoms with E-state index in [4.69, 9.17) is 4.74 Å². The lowest BCUT2D eigenvalue weighted by Crippen LogP contribution is -3.00. The summed E-state index contributed by atoms with van der Waals surface area (Å²) in [6.07, 6.45) is 2.15. The molecule has 1 atom stereocenters. The van der Waals surface area contributed by atoms with Gasteiger partial charge in [-0.1, -0.05) is 42.5 Å². The van der Waals surface area contributed by atoms with Crippen LogP contribution in [0.1, 0.15) is 5.56 Å². The first-order chi connectivity index (χ1) is 12.8. The van der Waals surface area contributed by atoms with Crippen LogP contribution < -0.4 is 34.5 Å².